The summed E-state index contributed by atoms with van der Waals surface area (Å²) in [6.45, 7) is 4.01. The van der Waals surface area contributed by atoms with Crippen molar-refractivity contribution in [3.05, 3.63) is 42.2 Å². The van der Waals surface area contributed by atoms with Gasteiger partial charge in [0.25, 0.3) is 0 Å². The molecule has 2 aromatic rings. The van der Waals surface area contributed by atoms with E-state index in [4.69, 9.17) is 10.5 Å². The first kappa shape index (κ1) is 13.5. The van der Waals surface area contributed by atoms with Crippen LogP contribution in [-0.4, -0.2) is 17.1 Å². The molecule has 1 aromatic carbocycles. The minimum Gasteiger partial charge on any atom is -0.384 e. The van der Waals surface area contributed by atoms with Crippen LogP contribution in [0.2, 0.25) is 0 Å². The van der Waals surface area contributed by atoms with Gasteiger partial charge in [-0.25, -0.2) is 9.97 Å². The highest BCUT2D eigenvalue weighted by Gasteiger charge is 2.28. The van der Waals surface area contributed by atoms with Gasteiger partial charge in [0.2, 0.25) is 0 Å². The van der Waals surface area contributed by atoms with E-state index in [2.05, 4.69) is 9.97 Å². The lowest BCUT2D eigenvalue weighted by Crippen LogP contribution is -2.26. The molecule has 0 amide bonds. The first-order valence-electron chi connectivity index (χ1n) is 6.34. The molecule has 0 spiro atoms. The molecule has 4 heteroatoms. The second kappa shape index (κ2) is 5.36. The molecule has 2 rings (SSSR count). The number of anilines is 1. The lowest BCUT2D eigenvalue weighted by Gasteiger charge is -2.25. The van der Waals surface area contributed by atoms with Crippen molar-refractivity contribution < 1.29 is 4.74 Å². The molecule has 1 aromatic heterocycles. The minimum atomic E-state index is -0.515. The zero-order valence-corrected chi connectivity index (χ0v) is 11.6. The Balaban J connectivity index is 2.52. The van der Waals surface area contributed by atoms with Crippen LogP contribution in [-0.2, 0) is 10.3 Å². The summed E-state index contributed by atoms with van der Waals surface area (Å²) in [5.41, 5.74) is 7.22. The molecule has 0 saturated heterocycles. The third-order valence-corrected chi connectivity index (χ3v) is 3.41. The van der Waals surface area contributed by atoms with Gasteiger partial charge >= 0.3 is 0 Å². The molecule has 0 aliphatic rings. The maximum absolute atomic E-state index is 5.90. The summed E-state index contributed by atoms with van der Waals surface area (Å²) in [7, 11) is 1.66. The summed E-state index contributed by atoms with van der Waals surface area (Å²) < 4.78 is 5.54. The number of methoxy groups -OCH3 is 1. The Bertz CT molecular complexity index is 551. The SMILES string of the molecule is CCC(C)(OC)c1nc(N)cc(-c2ccccc2)n1. The van der Waals surface area contributed by atoms with Crippen LogP contribution in [0.4, 0.5) is 5.82 Å². The summed E-state index contributed by atoms with van der Waals surface area (Å²) >= 11 is 0. The number of ether oxygens (including phenoxy) is 1. The number of nitrogen functional groups attached to an aromatic ring is 1. The summed E-state index contributed by atoms with van der Waals surface area (Å²) in [4.78, 5) is 8.92. The lowest BCUT2D eigenvalue weighted by atomic mass is 10.0. The molecule has 1 atom stereocenters. The van der Waals surface area contributed by atoms with Gasteiger partial charge < -0.3 is 10.5 Å². The van der Waals surface area contributed by atoms with Crippen molar-refractivity contribution in [1.29, 1.82) is 0 Å². The highest BCUT2D eigenvalue weighted by molar-refractivity contribution is 5.61. The van der Waals surface area contributed by atoms with E-state index in [1.54, 1.807) is 13.2 Å². The second-order valence-corrected chi connectivity index (χ2v) is 4.66. The molecule has 0 bridgehead atoms. The van der Waals surface area contributed by atoms with E-state index in [1.165, 1.54) is 0 Å². The van der Waals surface area contributed by atoms with Crippen LogP contribution < -0.4 is 5.73 Å². The highest BCUT2D eigenvalue weighted by atomic mass is 16.5. The van der Waals surface area contributed by atoms with Crippen molar-refractivity contribution in [2.45, 2.75) is 25.9 Å². The quantitative estimate of drug-likeness (QED) is 0.914. The number of hydrogen-bond donors (Lipinski definition) is 1. The largest absolute Gasteiger partial charge is 0.384 e. The van der Waals surface area contributed by atoms with Crippen LogP contribution in [0.3, 0.4) is 0 Å². The van der Waals surface area contributed by atoms with Gasteiger partial charge in [0.15, 0.2) is 5.82 Å². The first-order chi connectivity index (χ1) is 9.09. The number of nitrogens with zero attached hydrogens (tertiary/aromatic N) is 2. The van der Waals surface area contributed by atoms with Gasteiger partial charge in [-0.15, -0.1) is 0 Å². The Morgan fingerprint density at radius 1 is 1.21 bits per heavy atom. The fourth-order valence-corrected chi connectivity index (χ4v) is 1.85. The van der Waals surface area contributed by atoms with Crippen LogP contribution in [0.15, 0.2) is 36.4 Å². The Kier molecular flexibility index (Phi) is 3.81. The summed E-state index contributed by atoms with van der Waals surface area (Å²) in [5, 5.41) is 0. The van der Waals surface area contributed by atoms with Crippen molar-refractivity contribution >= 4 is 5.82 Å². The Hall–Kier alpha value is -1.94. The second-order valence-electron chi connectivity index (χ2n) is 4.66. The van der Waals surface area contributed by atoms with Crippen molar-refractivity contribution in [2.24, 2.45) is 0 Å². The first-order valence-corrected chi connectivity index (χ1v) is 6.34. The van der Waals surface area contributed by atoms with Crippen LogP contribution in [0.5, 0.6) is 0 Å². The maximum Gasteiger partial charge on any atom is 0.162 e. The molecule has 100 valence electrons. The molecule has 0 radical (unpaired) electrons. The smallest absolute Gasteiger partial charge is 0.162 e. The van der Waals surface area contributed by atoms with Gasteiger partial charge in [0, 0.05) is 18.7 Å². The number of rotatable bonds is 4. The lowest BCUT2D eigenvalue weighted by molar-refractivity contribution is -0.00876. The topological polar surface area (TPSA) is 61.0 Å². The Morgan fingerprint density at radius 2 is 1.89 bits per heavy atom. The zero-order chi connectivity index (χ0) is 13.9. The third-order valence-electron chi connectivity index (χ3n) is 3.41. The van der Waals surface area contributed by atoms with Crippen LogP contribution in [0.25, 0.3) is 11.3 Å². The van der Waals surface area contributed by atoms with Crippen LogP contribution >= 0.6 is 0 Å². The summed E-state index contributed by atoms with van der Waals surface area (Å²) in [5.74, 6) is 1.08. The summed E-state index contributed by atoms with van der Waals surface area (Å²) in [6, 6.07) is 11.7. The number of benzene rings is 1. The molecule has 19 heavy (non-hydrogen) atoms. The van der Waals surface area contributed by atoms with Gasteiger partial charge in [-0.05, 0) is 13.3 Å². The number of aromatic nitrogens is 2. The normalized spacial score (nSPS) is 14.1. The molecule has 1 heterocycles. The number of nitrogens with two attached hydrogens (primary N) is 1. The molecule has 0 fully saturated rings. The predicted octanol–water partition coefficient (Wildman–Crippen LogP) is 3.00. The average Bonchev–Trinajstić information content (AvgIpc) is 2.46. The van der Waals surface area contributed by atoms with Crippen LogP contribution in [0, 0.1) is 0 Å². The fourth-order valence-electron chi connectivity index (χ4n) is 1.85. The van der Waals surface area contributed by atoms with Crippen molar-refractivity contribution in [1.82, 2.24) is 9.97 Å². The standard InChI is InChI=1S/C15H19N3O/c1-4-15(2,19-3)14-17-12(10-13(16)18-14)11-8-6-5-7-9-11/h5-10H,4H2,1-3H3,(H2,16,17,18). The van der Waals surface area contributed by atoms with E-state index < -0.39 is 5.60 Å². The van der Waals surface area contributed by atoms with Crippen molar-refractivity contribution in [2.75, 3.05) is 12.8 Å². The highest BCUT2D eigenvalue weighted by Crippen LogP contribution is 2.28. The van der Waals surface area contributed by atoms with Crippen molar-refractivity contribution in [3.63, 3.8) is 0 Å². The third kappa shape index (κ3) is 2.74. The molecule has 0 aliphatic carbocycles. The summed E-state index contributed by atoms with van der Waals surface area (Å²) in [6.07, 6.45) is 0.779. The van der Waals surface area contributed by atoms with Gasteiger partial charge in [0.1, 0.15) is 11.4 Å². The monoisotopic (exact) mass is 257 g/mol. The molecule has 4 nitrogen and oxygen atoms in total. The Labute approximate surface area is 113 Å². The van der Waals surface area contributed by atoms with E-state index in [-0.39, 0.29) is 0 Å². The molecular formula is C15H19N3O. The fraction of sp³-hybridized carbons (Fsp3) is 0.333. The maximum atomic E-state index is 5.90. The van der Waals surface area contributed by atoms with E-state index >= 15 is 0 Å². The predicted molar refractivity (Wildman–Crippen MR) is 76.5 cm³/mol. The van der Waals surface area contributed by atoms with E-state index in [0.717, 1.165) is 17.7 Å². The van der Waals surface area contributed by atoms with Gasteiger partial charge in [0.05, 0.1) is 5.69 Å². The molecular weight excluding hydrogens is 238 g/mol. The van der Waals surface area contributed by atoms with E-state index in [9.17, 15) is 0 Å². The minimum absolute atomic E-state index is 0.459. The number of hydrogen-bond acceptors (Lipinski definition) is 4. The molecule has 2 N–H and O–H groups in total. The zero-order valence-electron chi connectivity index (χ0n) is 11.6. The van der Waals surface area contributed by atoms with Crippen LogP contribution in [0.1, 0.15) is 26.1 Å². The average molecular weight is 257 g/mol. The Morgan fingerprint density at radius 3 is 2.47 bits per heavy atom. The molecule has 0 aliphatic heterocycles. The van der Waals surface area contributed by atoms with Gasteiger partial charge in [-0.1, -0.05) is 37.3 Å². The van der Waals surface area contributed by atoms with Gasteiger partial charge in [-0.2, -0.15) is 0 Å². The van der Waals surface area contributed by atoms with E-state index in [1.807, 2.05) is 44.2 Å². The van der Waals surface area contributed by atoms with E-state index in [0.29, 0.717) is 11.6 Å². The van der Waals surface area contributed by atoms with Gasteiger partial charge in [-0.3, -0.25) is 0 Å². The molecule has 1 unspecified atom stereocenters. The molecule has 0 saturated carbocycles. The van der Waals surface area contributed by atoms with Crippen molar-refractivity contribution in [3.8, 4) is 11.3 Å².